The van der Waals surface area contributed by atoms with Gasteiger partial charge in [-0.3, -0.25) is 0 Å². The zero-order valence-corrected chi connectivity index (χ0v) is 12.8. The minimum absolute atomic E-state index is 0.156. The van der Waals surface area contributed by atoms with Gasteiger partial charge in [0.25, 0.3) is 0 Å². The highest BCUT2D eigenvalue weighted by Crippen LogP contribution is 2.22. The second-order valence-corrected chi connectivity index (χ2v) is 5.21. The first-order valence-corrected chi connectivity index (χ1v) is 7.29. The molecule has 2 aromatic rings. The third-order valence-electron chi connectivity index (χ3n) is 3.48. The number of halogens is 1. The van der Waals surface area contributed by atoms with Crippen molar-refractivity contribution < 1.29 is 9.13 Å². The summed E-state index contributed by atoms with van der Waals surface area (Å²) < 4.78 is 19.8. The average Bonchev–Trinajstić information content (AvgIpc) is 2.47. The van der Waals surface area contributed by atoms with Gasteiger partial charge in [0.15, 0.2) is 0 Å². The van der Waals surface area contributed by atoms with Crippen LogP contribution in [0.15, 0.2) is 42.5 Å². The van der Waals surface area contributed by atoms with Crippen LogP contribution in [0, 0.1) is 19.7 Å². The summed E-state index contributed by atoms with van der Waals surface area (Å²) >= 11 is 0. The molecule has 0 aliphatic rings. The summed E-state index contributed by atoms with van der Waals surface area (Å²) in [6.45, 7) is 7.21. The number of aryl methyl sites for hydroxylation is 2. The van der Waals surface area contributed by atoms with Crippen LogP contribution in [0.25, 0.3) is 0 Å². The molecule has 0 aromatic heterocycles. The third kappa shape index (κ3) is 4.05. The Bertz CT molecular complexity index is 598. The maximum Gasteiger partial charge on any atom is 0.128 e. The smallest absolute Gasteiger partial charge is 0.128 e. The molecule has 0 saturated heterocycles. The zero-order chi connectivity index (χ0) is 15.2. The van der Waals surface area contributed by atoms with Crippen LogP contribution in [0.4, 0.5) is 4.39 Å². The number of benzene rings is 2. The molecule has 0 saturated carbocycles. The van der Waals surface area contributed by atoms with Crippen molar-refractivity contribution in [2.45, 2.75) is 26.8 Å². The molecule has 2 aromatic carbocycles. The van der Waals surface area contributed by atoms with Crippen LogP contribution in [0.5, 0.6) is 5.75 Å². The molecule has 112 valence electrons. The third-order valence-corrected chi connectivity index (χ3v) is 3.48. The van der Waals surface area contributed by atoms with E-state index in [4.69, 9.17) is 4.74 Å². The highest BCUT2D eigenvalue weighted by molar-refractivity contribution is 5.36. The summed E-state index contributed by atoms with van der Waals surface area (Å²) in [7, 11) is 0. The van der Waals surface area contributed by atoms with Crippen molar-refractivity contribution in [3.8, 4) is 5.75 Å². The summed E-state index contributed by atoms with van der Waals surface area (Å²) in [5.41, 5.74) is 2.88. The van der Waals surface area contributed by atoms with E-state index in [1.807, 2.05) is 39.0 Å². The summed E-state index contributed by atoms with van der Waals surface area (Å²) in [6.07, 6.45) is 0. The molecule has 0 fully saturated rings. The maximum absolute atomic E-state index is 13.9. The first-order valence-electron chi connectivity index (χ1n) is 7.29. The lowest BCUT2D eigenvalue weighted by atomic mass is 10.1. The van der Waals surface area contributed by atoms with E-state index in [1.54, 1.807) is 12.1 Å². The molecule has 21 heavy (non-hydrogen) atoms. The predicted octanol–water partition coefficient (Wildman–Crippen LogP) is 4.17. The van der Waals surface area contributed by atoms with Crippen molar-refractivity contribution in [3.05, 3.63) is 65.0 Å². The fourth-order valence-corrected chi connectivity index (χ4v) is 2.30. The molecule has 0 aliphatic heterocycles. The minimum Gasteiger partial charge on any atom is -0.491 e. The zero-order valence-electron chi connectivity index (χ0n) is 12.8. The first-order chi connectivity index (χ1) is 10.1. The molecule has 0 amide bonds. The van der Waals surface area contributed by atoms with Crippen LogP contribution in [0.1, 0.15) is 29.7 Å². The van der Waals surface area contributed by atoms with Crippen LogP contribution in [0.3, 0.4) is 0 Å². The van der Waals surface area contributed by atoms with Gasteiger partial charge in [0.05, 0.1) is 6.04 Å². The first kappa shape index (κ1) is 15.5. The quantitative estimate of drug-likeness (QED) is 0.861. The summed E-state index contributed by atoms with van der Waals surface area (Å²) in [5.74, 6) is 0.655. The van der Waals surface area contributed by atoms with Gasteiger partial charge in [0.2, 0.25) is 0 Å². The largest absolute Gasteiger partial charge is 0.491 e. The van der Waals surface area contributed by atoms with E-state index < -0.39 is 0 Å². The SMILES string of the molecule is CCNC(COc1cc(C)ccc1C)c1ccccc1F. The Balaban J connectivity index is 2.14. The molecule has 0 radical (unpaired) electrons. The number of nitrogens with one attached hydrogen (secondary N) is 1. The predicted molar refractivity (Wildman–Crippen MR) is 84.2 cm³/mol. The van der Waals surface area contributed by atoms with Gasteiger partial charge >= 0.3 is 0 Å². The minimum atomic E-state index is -0.201. The van der Waals surface area contributed by atoms with Crippen LogP contribution in [-0.4, -0.2) is 13.2 Å². The number of ether oxygens (including phenoxy) is 1. The maximum atomic E-state index is 13.9. The summed E-state index contributed by atoms with van der Waals surface area (Å²) in [5, 5.41) is 3.28. The monoisotopic (exact) mass is 287 g/mol. The molecule has 0 heterocycles. The lowest BCUT2D eigenvalue weighted by Crippen LogP contribution is -2.27. The Morgan fingerprint density at radius 1 is 1.14 bits per heavy atom. The lowest BCUT2D eigenvalue weighted by molar-refractivity contribution is 0.263. The van der Waals surface area contributed by atoms with Crippen LogP contribution in [-0.2, 0) is 0 Å². The second-order valence-electron chi connectivity index (χ2n) is 5.21. The topological polar surface area (TPSA) is 21.3 Å². The van der Waals surface area contributed by atoms with Crippen molar-refractivity contribution in [1.82, 2.24) is 5.32 Å². The standard InChI is InChI=1S/C18H22FNO/c1-4-20-17(15-7-5-6-8-16(15)19)12-21-18-11-13(2)9-10-14(18)3/h5-11,17,20H,4,12H2,1-3H3. The number of rotatable bonds is 6. The lowest BCUT2D eigenvalue weighted by Gasteiger charge is -2.20. The fraction of sp³-hybridized carbons (Fsp3) is 0.333. The van der Waals surface area contributed by atoms with Crippen molar-refractivity contribution in [2.75, 3.05) is 13.2 Å². The molecule has 2 rings (SSSR count). The van der Waals surface area contributed by atoms with Crippen LogP contribution >= 0.6 is 0 Å². The highest BCUT2D eigenvalue weighted by Gasteiger charge is 2.15. The van der Waals surface area contributed by atoms with Gasteiger partial charge in [-0.25, -0.2) is 4.39 Å². The number of likely N-dealkylation sites (N-methyl/N-ethyl adjacent to an activating group) is 1. The molecule has 2 nitrogen and oxygen atoms in total. The number of hydrogen-bond donors (Lipinski definition) is 1. The fourth-order valence-electron chi connectivity index (χ4n) is 2.30. The van der Waals surface area contributed by atoms with Gasteiger partial charge in [-0.05, 0) is 43.7 Å². The molecule has 0 spiro atoms. The molecule has 3 heteroatoms. The molecule has 1 N–H and O–H groups in total. The molecule has 0 aliphatic carbocycles. The Kier molecular flexibility index (Phi) is 5.34. The van der Waals surface area contributed by atoms with Gasteiger partial charge in [-0.2, -0.15) is 0 Å². The highest BCUT2D eigenvalue weighted by atomic mass is 19.1. The van der Waals surface area contributed by atoms with Gasteiger partial charge < -0.3 is 10.1 Å². The van der Waals surface area contributed by atoms with E-state index >= 15 is 0 Å². The van der Waals surface area contributed by atoms with E-state index in [9.17, 15) is 4.39 Å². The van der Waals surface area contributed by atoms with Gasteiger partial charge in [0.1, 0.15) is 18.2 Å². The van der Waals surface area contributed by atoms with Crippen molar-refractivity contribution in [3.63, 3.8) is 0 Å². The summed E-state index contributed by atoms with van der Waals surface area (Å²) in [6, 6.07) is 12.8. The Morgan fingerprint density at radius 2 is 1.90 bits per heavy atom. The van der Waals surface area contributed by atoms with Crippen molar-refractivity contribution in [1.29, 1.82) is 0 Å². The van der Waals surface area contributed by atoms with E-state index in [0.29, 0.717) is 12.2 Å². The van der Waals surface area contributed by atoms with E-state index in [0.717, 1.165) is 23.4 Å². The van der Waals surface area contributed by atoms with E-state index in [1.165, 1.54) is 6.07 Å². The average molecular weight is 287 g/mol. The Labute approximate surface area is 126 Å². The van der Waals surface area contributed by atoms with Crippen molar-refractivity contribution in [2.24, 2.45) is 0 Å². The Morgan fingerprint density at radius 3 is 2.62 bits per heavy atom. The normalized spacial score (nSPS) is 12.2. The molecule has 1 unspecified atom stereocenters. The number of hydrogen-bond acceptors (Lipinski definition) is 2. The Hall–Kier alpha value is -1.87. The van der Waals surface area contributed by atoms with Crippen LogP contribution in [0.2, 0.25) is 0 Å². The van der Waals surface area contributed by atoms with Crippen LogP contribution < -0.4 is 10.1 Å². The van der Waals surface area contributed by atoms with Crippen molar-refractivity contribution >= 4 is 0 Å². The molecular formula is C18H22FNO. The summed E-state index contributed by atoms with van der Waals surface area (Å²) in [4.78, 5) is 0. The molecule has 1 atom stereocenters. The second kappa shape index (κ2) is 7.23. The van der Waals surface area contributed by atoms with Gasteiger partial charge in [0, 0.05) is 5.56 Å². The van der Waals surface area contributed by atoms with E-state index in [2.05, 4.69) is 11.4 Å². The molecular weight excluding hydrogens is 265 g/mol. The van der Waals surface area contributed by atoms with Gasteiger partial charge in [-0.15, -0.1) is 0 Å². The van der Waals surface area contributed by atoms with Gasteiger partial charge in [-0.1, -0.05) is 37.3 Å². The molecule has 0 bridgehead atoms. The van der Waals surface area contributed by atoms with E-state index in [-0.39, 0.29) is 11.9 Å².